The maximum atomic E-state index is 13.0. The zero-order valence-corrected chi connectivity index (χ0v) is 17.0. The molecular weight excluding hydrogens is 370 g/mol. The summed E-state index contributed by atoms with van der Waals surface area (Å²) in [6.07, 6.45) is 1.77. The number of carbonyl (C=O) groups is 1. The quantitative estimate of drug-likeness (QED) is 0.648. The summed E-state index contributed by atoms with van der Waals surface area (Å²) in [6.45, 7) is 7.20. The highest BCUT2D eigenvalue weighted by atomic mass is 16.5. The van der Waals surface area contributed by atoms with E-state index in [2.05, 4.69) is 17.1 Å². The second kappa shape index (κ2) is 7.73. The summed E-state index contributed by atoms with van der Waals surface area (Å²) in [6, 6.07) is 11.3. The van der Waals surface area contributed by atoms with Gasteiger partial charge >= 0.3 is 0 Å². The molecule has 0 spiro atoms. The minimum atomic E-state index is -0.366. The molecule has 1 aliphatic rings. The first-order valence-corrected chi connectivity index (χ1v) is 9.82. The van der Waals surface area contributed by atoms with Gasteiger partial charge in [-0.1, -0.05) is 30.3 Å². The van der Waals surface area contributed by atoms with Crippen molar-refractivity contribution in [2.45, 2.75) is 45.6 Å². The molecule has 0 aliphatic carbocycles. The van der Waals surface area contributed by atoms with Gasteiger partial charge in [0.25, 0.3) is 11.8 Å². The number of ether oxygens (including phenoxy) is 1. The van der Waals surface area contributed by atoms with Crippen LogP contribution in [0.2, 0.25) is 0 Å². The van der Waals surface area contributed by atoms with Crippen molar-refractivity contribution in [2.75, 3.05) is 13.1 Å². The van der Waals surface area contributed by atoms with E-state index in [4.69, 9.17) is 13.7 Å². The minimum absolute atomic E-state index is 0.0126. The highest BCUT2D eigenvalue weighted by Gasteiger charge is 2.39. The predicted molar refractivity (Wildman–Crippen MR) is 106 cm³/mol. The number of benzene rings is 1. The molecule has 1 aromatic carbocycles. The number of likely N-dealkylation sites (tertiary alicyclic amines) is 1. The van der Waals surface area contributed by atoms with Crippen LogP contribution in [0.1, 0.15) is 53.4 Å². The van der Waals surface area contributed by atoms with Gasteiger partial charge in [-0.3, -0.25) is 4.79 Å². The molecule has 152 valence electrons. The molecular formula is C22H25N3O4. The Hall–Kier alpha value is -3.09. The predicted octanol–water partition coefficient (Wildman–Crippen LogP) is 4.05. The highest BCUT2D eigenvalue weighted by Crippen LogP contribution is 2.33. The summed E-state index contributed by atoms with van der Waals surface area (Å²) < 4.78 is 16.6. The van der Waals surface area contributed by atoms with Gasteiger partial charge in [0, 0.05) is 18.5 Å². The van der Waals surface area contributed by atoms with Crippen molar-refractivity contribution < 1.29 is 18.5 Å². The largest absolute Gasteiger partial charge is 0.484 e. The van der Waals surface area contributed by atoms with E-state index in [1.54, 1.807) is 6.07 Å². The van der Waals surface area contributed by atoms with Gasteiger partial charge in [0.05, 0.1) is 5.56 Å². The maximum absolute atomic E-state index is 13.0. The number of nitrogens with zero attached hydrogens (tertiary/aromatic N) is 3. The average Bonchev–Trinajstić information content (AvgIpc) is 3.33. The van der Waals surface area contributed by atoms with Gasteiger partial charge < -0.3 is 18.6 Å². The molecule has 1 fully saturated rings. The molecule has 0 radical (unpaired) electrons. The number of para-hydroxylation sites is 1. The second-order valence-corrected chi connectivity index (χ2v) is 7.83. The Morgan fingerprint density at radius 1 is 1.28 bits per heavy atom. The summed E-state index contributed by atoms with van der Waals surface area (Å²) in [5.41, 5.74) is 0.256. The van der Waals surface area contributed by atoms with E-state index in [0.29, 0.717) is 36.1 Å². The Labute approximate surface area is 169 Å². The molecule has 1 unspecified atom stereocenters. The van der Waals surface area contributed by atoms with Crippen molar-refractivity contribution in [3.8, 4) is 5.75 Å². The summed E-state index contributed by atoms with van der Waals surface area (Å²) >= 11 is 0. The fourth-order valence-corrected chi connectivity index (χ4v) is 3.83. The number of furan rings is 1. The zero-order chi connectivity index (χ0) is 20.4. The first kappa shape index (κ1) is 19.2. The van der Waals surface area contributed by atoms with Crippen LogP contribution in [0.15, 0.2) is 45.3 Å². The Morgan fingerprint density at radius 2 is 2.07 bits per heavy atom. The normalized spacial score (nSPS) is 19.3. The molecule has 0 N–H and O–H groups in total. The number of hydrogen-bond acceptors (Lipinski definition) is 6. The number of amides is 1. The number of rotatable bonds is 5. The van der Waals surface area contributed by atoms with Crippen molar-refractivity contribution in [3.63, 3.8) is 0 Å². The van der Waals surface area contributed by atoms with E-state index in [1.165, 1.54) is 0 Å². The van der Waals surface area contributed by atoms with Crippen LogP contribution < -0.4 is 4.74 Å². The van der Waals surface area contributed by atoms with Gasteiger partial charge in [-0.15, -0.1) is 0 Å². The third-order valence-electron chi connectivity index (χ3n) is 5.37. The van der Waals surface area contributed by atoms with Crippen molar-refractivity contribution in [2.24, 2.45) is 0 Å². The van der Waals surface area contributed by atoms with Crippen LogP contribution in [0.3, 0.4) is 0 Å². The van der Waals surface area contributed by atoms with E-state index < -0.39 is 0 Å². The molecule has 1 atom stereocenters. The van der Waals surface area contributed by atoms with Crippen molar-refractivity contribution in [3.05, 3.63) is 65.2 Å². The molecule has 0 bridgehead atoms. The van der Waals surface area contributed by atoms with Crippen LogP contribution in [0.4, 0.5) is 0 Å². The van der Waals surface area contributed by atoms with Crippen LogP contribution in [-0.2, 0) is 12.0 Å². The van der Waals surface area contributed by atoms with Gasteiger partial charge in [0.1, 0.15) is 17.3 Å². The van der Waals surface area contributed by atoms with Crippen LogP contribution in [0, 0.1) is 13.8 Å². The summed E-state index contributed by atoms with van der Waals surface area (Å²) in [5, 5.41) is 4.19. The van der Waals surface area contributed by atoms with Crippen LogP contribution in [0.5, 0.6) is 5.75 Å². The number of piperidine rings is 1. The fourth-order valence-electron chi connectivity index (χ4n) is 3.83. The lowest BCUT2D eigenvalue weighted by Crippen LogP contribution is -2.47. The molecule has 4 rings (SSSR count). The van der Waals surface area contributed by atoms with Gasteiger partial charge in [0.15, 0.2) is 12.4 Å². The lowest BCUT2D eigenvalue weighted by Gasteiger charge is -2.38. The number of carbonyl (C=O) groups excluding carboxylic acids is 1. The third-order valence-corrected chi connectivity index (χ3v) is 5.37. The average molecular weight is 395 g/mol. The number of hydrogen-bond donors (Lipinski definition) is 0. The zero-order valence-electron chi connectivity index (χ0n) is 17.0. The Kier molecular flexibility index (Phi) is 5.13. The van der Waals surface area contributed by atoms with Gasteiger partial charge in [0.2, 0.25) is 0 Å². The van der Waals surface area contributed by atoms with E-state index >= 15 is 0 Å². The van der Waals surface area contributed by atoms with E-state index in [-0.39, 0.29) is 17.9 Å². The molecule has 1 saturated heterocycles. The van der Waals surface area contributed by atoms with E-state index in [1.807, 2.05) is 49.1 Å². The molecule has 7 heteroatoms. The fraction of sp³-hybridized carbons (Fsp3) is 0.409. The molecule has 2 aromatic heterocycles. The molecule has 29 heavy (non-hydrogen) atoms. The molecule has 1 aliphatic heterocycles. The molecule has 3 aromatic rings. The van der Waals surface area contributed by atoms with E-state index in [9.17, 15) is 4.79 Å². The van der Waals surface area contributed by atoms with Crippen molar-refractivity contribution in [1.29, 1.82) is 0 Å². The molecule has 3 heterocycles. The summed E-state index contributed by atoms with van der Waals surface area (Å²) in [7, 11) is 0. The van der Waals surface area contributed by atoms with Gasteiger partial charge in [-0.25, -0.2) is 0 Å². The Morgan fingerprint density at radius 3 is 2.79 bits per heavy atom. The molecule has 1 amide bonds. The molecule has 0 saturated carbocycles. The van der Waals surface area contributed by atoms with Crippen LogP contribution in [-0.4, -0.2) is 34.0 Å². The lowest BCUT2D eigenvalue weighted by molar-refractivity contribution is 0.0640. The highest BCUT2D eigenvalue weighted by molar-refractivity contribution is 5.95. The summed E-state index contributed by atoms with van der Waals surface area (Å²) in [5.74, 6) is 3.17. The Bertz CT molecular complexity index is 995. The third kappa shape index (κ3) is 4.04. The van der Waals surface area contributed by atoms with E-state index in [0.717, 1.165) is 24.4 Å². The number of aryl methyl sites for hydroxylation is 2. The SMILES string of the molecule is Cc1cc(C(=O)N2CCCC(C)(c3noc(COc4ccccc4)n3)C2)c(C)o1. The first-order chi connectivity index (χ1) is 13.9. The maximum Gasteiger partial charge on any atom is 0.264 e. The van der Waals surface area contributed by atoms with Gasteiger partial charge in [-0.05, 0) is 44.9 Å². The topological polar surface area (TPSA) is 81.6 Å². The van der Waals surface area contributed by atoms with Crippen LogP contribution >= 0.6 is 0 Å². The summed E-state index contributed by atoms with van der Waals surface area (Å²) in [4.78, 5) is 19.4. The minimum Gasteiger partial charge on any atom is -0.484 e. The molecule has 7 nitrogen and oxygen atoms in total. The first-order valence-electron chi connectivity index (χ1n) is 9.82. The monoisotopic (exact) mass is 395 g/mol. The number of aromatic nitrogens is 2. The smallest absolute Gasteiger partial charge is 0.264 e. The lowest BCUT2D eigenvalue weighted by atomic mass is 9.81. The van der Waals surface area contributed by atoms with Crippen LogP contribution in [0.25, 0.3) is 0 Å². The second-order valence-electron chi connectivity index (χ2n) is 7.83. The van der Waals surface area contributed by atoms with Crippen molar-refractivity contribution in [1.82, 2.24) is 15.0 Å². The van der Waals surface area contributed by atoms with Gasteiger partial charge in [-0.2, -0.15) is 4.98 Å². The standard InChI is InChI=1S/C22H25N3O4/c1-15-12-18(16(2)28-15)20(26)25-11-7-10-22(3,14-25)21-23-19(29-24-21)13-27-17-8-5-4-6-9-17/h4-6,8-9,12H,7,10-11,13-14H2,1-3H3. The Balaban J connectivity index is 1.46. The van der Waals surface area contributed by atoms with Crippen molar-refractivity contribution >= 4 is 5.91 Å².